The fraction of sp³-hybridized carbons (Fsp3) is 0.647. The number of fused-ring (bicyclic) bond motifs is 1. The van der Waals surface area contributed by atoms with Crippen molar-refractivity contribution in [1.29, 1.82) is 0 Å². The van der Waals surface area contributed by atoms with Crippen molar-refractivity contribution in [3.05, 3.63) is 35.4 Å². The van der Waals surface area contributed by atoms with Gasteiger partial charge in [0.15, 0.2) is 0 Å². The van der Waals surface area contributed by atoms with Crippen LogP contribution in [0.15, 0.2) is 24.3 Å². The molecule has 112 valence electrons. The van der Waals surface area contributed by atoms with E-state index in [1.165, 1.54) is 36.8 Å². The van der Waals surface area contributed by atoms with Gasteiger partial charge in [-0.1, -0.05) is 24.3 Å². The van der Waals surface area contributed by atoms with Gasteiger partial charge in [-0.05, 0) is 71.0 Å². The van der Waals surface area contributed by atoms with Gasteiger partial charge in [-0.2, -0.15) is 0 Å². The van der Waals surface area contributed by atoms with E-state index in [4.69, 9.17) is 5.73 Å². The molecule has 0 aliphatic heterocycles. The van der Waals surface area contributed by atoms with E-state index in [1.54, 1.807) is 0 Å². The van der Waals surface area contributed by atoms with E-state index in [1.807, 2.05) is 0 Å². The van der Waals surface area contributed by atoms with Gasteiger partial charge in [0.25, 0.3) is 0 Å². The van der Waals surface area contributed by atoms with Crippen LogP contribution < -0.4 is 5.73 Å². The SMILES string of the molecule is CN(C)CCCN(C)C1(CN)CCCc2ccccc21. The second kappa shape index (κ2) is 6.70. The van der Waals surface area contributed by atoms with Crippen molar-refractivity contribution in [3.8, 4) is 0 Å². The number of nitrogens with two attached hydrogens (primary N) is 1. The summed E-state index contributed by atoms with van der Waals surface area (Å²) in [5, 5.41) is 0. The van der Waals surface area contributed by atoms with Crippen LogP contribution in [-0.4, -0.2) is 50.6 Å². The van der Waals surface area contributed by atoms with Crippen LogP contribution >= 0.6 is 0 Å². The Kier molecular flexibility index (Phi) is 5.19. The number of nitrogens with zero attached hydrogens (tertiary/aromatic N) is 2. The summed E-state index contributed by atoms with van der Waals surface area (Å²) in [4.78, 5) is 4.74. The average molecular weight is 275 g/mol. The maximum absolute atomic E-state index is 6.23. The van der Waals surface area contributed by atoms with Crippen LogP contribution in [0, 0.1) is 0 Å². The van der Waals surface area contributed by atoms with Crippen molar-refractivity contribution in [2.24, 2.45) is 5.73 Å². The molecule has 0 saturated carbocycles. The highest BCUT2D eigenvalue weighted by atomic mass is 15.2. The molecule has 2 rings (SSSR count). The molecule has 3 nitrogen and oxygen atoms in total. The molecule has 20 heavy (non-hydrogen) atoms. The lowest BCUT2D eigenvalue weighted by Gasteiger charge is -2.45. The van der Waals surface area contributed by atoms with Crippen LogP contribution in [0.5, 0.6) is 0 Å². The Bertz CT molecular complexity index is 430. The van der Waals surface area contributed by atoms with Gasteiger partial charge in [-0.15, -0.1) is 0 Å². The van der Waals surface area contributed by atoms with Gasteiger partial charge in [0, 0.05) is 6.54 Å². The zero-order valence-electron chi connectivity index (χ0n) is 13.2. The third kappa shape index (κ3) is 3.05. The zero-order chi connectivity index (χ0) is 14.6. The Hall–Kier alpha value is -0.900. The molecule has 2 N–H and O–H groups in total. The number of hydrogen-bond donors (Lipinski definition) is 1. The largest absolute Gasteiger partial charge is 0.328 e. The predicted molar refractivity (Wildman–Crippen MR) is 85.9 cm³/mol. The molecule has 0 aromatic heterocycles. The highest BCUT2D eigenvalue weighted by Crippen LogP contribution is 2.38. The average Bonchev–Trinajstić information content (AvgIpc) is 2.46. The zero-order valence-corrected chi connectivity index (χ0v) is 13.2. The van der Waals surface area contributed by atoms with E-state index in [0.717, 1.165) is 13.1 Å². The molecule has 0 radical (unpaired) electrons. The molecule has 1 aliphatic rings. The first-order chi connectivity index (χ1) is 9.60. The van der Waals surface area contributed by atoms with Crippen molar-refractivity contribution in [2.45, 2.75) is 31.2 Å². The molecular weight excluding hydrogens is 246 g/mol. The Labute approximate surface area is 123 Å². The molecule has 3 heteroatoms. The third-order valence-corrected chi connectivity index (χ3v) is 4.72. The Morgan fingerprint density at radius 2 is 1.90 bits per heavy atom. The lowest BCUT2D eigenvalue weighted by Crippen LogP contribution is -2.51. The van der Waals surface area contributed by atoms with Crippen LogP contribution in [0.4, 0.5) is 0 Å². The molecule has 0 heterocycles. The fourth-order valence-electron chi connectivity index (χ4n) is 3.50. The summed E-state index contributed by atoms with van der Waals surface area (Å²) in [6.07, 6.45) is 4.81. The maximum Gasteiger partial charge on any atom is 0.0584 e. The summed E-state index contributed by atoms with van der Waals surface area (Å²) in [6, 6.07) is 8.86. The Balaban J connectivity index is 2.17. The minimum Gasteiger partial charge on any atom is -0.328 e. The molecule has 0 fully saturated rings. The lowest BCUT2D eigenvalue weighted by atomic mass is 9.75. The molecule has 1 atom stereocenters. The monoisotopic (exact) mass is 275 g/mol. The number of likely N-dealkylation sites (N-methyl/N-ethyl adjacent to an activating group) is 1. The van der Waals surface area contributed by atoms with Gasteiger partial charge >= 0.3 is 0 Å². The van der Waals surface area contributed by atoms with E-state index in [0.29, 0.717) is 6.54 Å². The van der Waals surface area contributed by atoms with Crippen molar-refractivity contribution >= 4 is 0 Å². The molecule has 1 aromatic carbocycles. The van der Waals surface area contributed by atoms with Gasteiger partial charge in [0.1, 0.15) is 0 Å². The molecule has 0 spiro atoms. The van der Waals surface area contributed by atoms with Crippen LogP contribution in [0.3, 0.4) is 0 Å². The van der Waals surface area contributed by atoms with E-state index in [-0.39, 0.29) is 5.54 Å². The lowest BCUT2D eigenvalue weighted by molar-refractivity contribution is 0.0996. The van der Waals surface area contributed by atoms with Gasteiger partial charge in [0.05, 0.1) is 5.54 Å². The van der Waals surface area contributed by atoms with E-state index in [2.05, 4.69) is 55.2 Å². The van der Waals surface area contributed by atoms with Gasteiger partial charge in [-0.25, -0.2) is 0 Å². The van der Waals surface area contributed by atoms with Crippen LogP contribution in [-0.2, 0) is 12.0 Å². The van der Waals surface area contributed by atoms with E-state index < -0.39 is 0 Å². The van der Waals surface area contributed by atoms with Crippen molar-refractivity contribution in [3.63, 3.8) is 0 Å². The second-order valence-electron chi connectivity index (χ2n) is 6.32. The van der Waals surface area contributed by atoms with Crippen LogP contribution in [0.25, 0.3) is 0 Å². The summed E-state index contributed by atoms with van der Waals surface area (Å²) < 4.78 is 0. The standard InChI is InChI=1S/C17H29N3/c1-19(2)12-7-13-20(3)17(14-18)11-6-9-15-8-4-5-10-16(15)17/h4-5,8,10H,6-7,9,11-14,18H2,1-3H3. The highest BCUT2D eigenvalue weighted by Gasteiger charge is 2.38. The molecule has 0 amide bonds. The first kappa shape index (κ1) is 15.5. The number of rotatable bonds is 6. The fourth-order valence-corrected chi connectivity index (χ4v) is 3.50. The van der Waals surface area contributed by atoms with Gasteiger partial charge in [-0.3, -0.25) is 4.90 Å². The Morgan fingerprint density at radius 1 is 1.15 bits per heavy atom. The van der Waals surface area contributed by atoms with Crippen molar-refractivity contribution in [2.75, 3.05) is 40.8 Å². The summed E-state index contributed by atoms with van der Waals surface area (Å²) in [5.41, 5.74) is 9.23. The molecule has 1 unspecified atom stereocenters. The summed E-state index contributed by atoms with van der Waals surface area (Å²) in [6.45, 7) is 2.94. The van der Waals surface area contributed by atoms with Crippen molar-refractivity contribution in [1.82, 2.24) is 9.80 Å². The predicted octanol–water partition coefficient (Wildman–Crippen LogP) is 2.06. The van der Waals surface area contributed by atoms with E-state index >= 15 is 0 Å². The minimum atomic E-state index is 0.0428. The molecule has 0 saturated heterocycles. The maximum atomic E-state index is 6.23. The second-order valence-corrected chi connectivity index (χ2v) is 6.32. The molecule has 1 aliphatic carbocycles. The Morgan fingerprint density at radius 3 is 2.60 bits per heavy atom. The summed E-state index contributed by atoms with van der Waals surface area (Å²) >= 11 is 0. The van der Waals surface area contributed by atoms with Crippen LogP contribution in [0.1, 0.15) is 30.4 Å². The molecule has 1 aromatic rings. The number of aryl methyl sites for hydroxylation is 1. The molecule has 0 bridgehead atoms. The summed E-state index contributed by atoms with van der Waals surface area (Å²) in [5.74, 6) is 0. The summed E-state index contributed by atoms with van der Waals surface area (Å²) in [7, 11) is 6.51. The van der Waals surface area contributed by atoms with Gasteiger partial charge < -0.3 is 10.6 Å². The van der Waals surface area contributed by atoms with E-state index in [9.17, 15) is 0 Å². The normalized spacial score (nSPS) is 22.3. The smallest absolute Gasteiger partial charge is 0.0584 e. The molecular formula is C17H29N3. The first-order valence-corrected chi connectivity index (χ1v) is 7.74. The van der Waals surface area contributed by atoms with Crippen LogP contribution in [0.2, 0.25) is 0 Å². The van der Waals surface area contributed by atoms with Gasteiger partial charge in [0.2, 0.25) is 0 Å². The van der Waals surface area contributed by atoms with Crippen molar-refractivity contribution < 1.29 is 0 Å². The quantitative estimate of drug-likeness (QED) is 0.862. The third-order valence-electron chi connectivity index (χ3n) is 4.72. The minimum absolute atomic E-state index is 0.0428. The number of benzene rings is 1. The topological polar surface area (TPSA) is 32.5 Å². The highest BCUT2D eigenvalue weighted by molar-refractivity contribution is 5.36. The first-order valence-electron chi connectivity index (χ1n) is 7.74. The number of hydrogen-bond acceptors (Lipinski definition) is 3.